The molecule has 0 amide bonds. The molecule has 1 saturated heterocycles. The smallest absolute Gasteiger partial charge is 0.208 e. The summed E-state index contributed by atoms with van der Waals surface area (Å²) in [5.74, 6) is 0.603. The first kappa shape index (κ1) is 11.5. The second-order valence-electron chi connectivity index (χ2n) is 5.27. The van der Waals surface area contributed by atoms with E-state index in [-0.39, 0.29) is 5.75 Å². The van der Waals surface area contributed by atoms with E-state index in [1.165, 1.54) is 0 Å². The lowest BCUT2D eigenvalue weighted by Crippen LogP contribution is -2.37. The molecule has 2 aromatic rings. The highest BCUT2D eigenvalue weighted by Crippen LogP contribution is 2.36. The highest BCUT2D eigenvalue weighted by atomic mass is 16.5. The topological polar surface area (TPSA) is 49.5 Å². The van der Waals surface area contributed by atoms with E-state index in [0.29, 0.717) is 17.5 Å². The molecular formula is C14H18N2O2. The van der Waals surface area contributed by atoms with Crippen molar-refractivity contribution in [1.82, 2.24) is 10.1 Å². The summed E-state index contributed by atoms with van der Waals surface area (Å²) in [6.07, 6.45) is 2.19. The third-order valence-electron chi connectivity index (χ3n) is 4.10. The summed E-state index contributed by atoms with van der Waals surface area (Å²) >= 11 is 0. The van der Waals surface area contributed by atoms with Gasteiger partial charge in [-0.25, -0.2) is 0 Å². The van der Waals surface area contributed by atoms with Crippen LogP contribution in [-0.4, -0.2) is 34.8 Å². The van der Waals surface area contributed by atoms with Crippen LogP contribution < -0.4 is 0 Å². The van der Waals surface area contributed by atoms with E-state index in [0.717, 1.165) is 30.5 Å². The summed E-state index contributed by atoms with van der Waals surface area (Å²) in [7, 11) is 2.16. The predicted octanol–water partition coefficient (Wildman–Crippen LogP) is 2.73. The fourth-order valence-electron chi connectivity index (χ4n) is 2.80. The van der Waals surface area contributed by atoms with Gasteiger partial charge in [-0.3, -0.25) is 0 Å². The average molecular weight is 246 g/mol. The number of rotatable bonds is 1. The molecule has 1 fully saturated rings. The van der Waals surface area contributed by atoms with Crippen LogP contribution in [0.25, 0.3) is 11.0 Å². The summed E-state index contributed by atoms with van der Waals surface area (Å²) in [5.41, 5.74) is 1.51. The highest BCUT2D eigenvalue weighted by Gasteiger charge is 2.28. The number of para-hydroxylation sites is 1. The number of fused-ring (bicyclic) bond motifs is 1. The number of aromatic hydroxyl groups is 1. The molecule has 1 aliphatic heterocycles. The fraction of sp³-hybridized carbons (Fsp3) is 0.500. The van der Waals surface area contributed by atoms with E-state index < -0.39 is 0 Å². The second-order valence-corrected chi connectivity index (χ2v) is 5.27. The van der Waals surface area contributed by atoms with Gasteiger partial charge in [0.2, 0.25) is 5.58 Å². The first-order chi connectivity index (χ1) is 8.66. The Labute approximate surface area is 106 Å². The molecule has 0 saturated carbocycles. The Bertz CT molecular complexity index is 564. The molecule has 96 valence electrons. The van der Waals surface area contributed by atoms with E-state index in [1.54, 1.807) is 6.07 Å². The number of phenolic OH excluding ortho intramolecular Hbond substituents is 1. The van der Waals surface area contributed by atoms with Gasteiger partial charge in [0.25, 0.3) is 0 Å². The maximum atomic E-state index is 9.73. The minimum absolute atomic E-state index is 0.173. The third kappa shape index (κ3) is 1.77. The van der Waals surface area contributed by atoms with Gasteiger partial charge in [-0.1, -0.05) is 11.2 Å². The van der Waals surface area contributed by atoms with E-state index in [4.69, 9.17) is 4.52 Å². The zero-order chi connectivity index (χ0) is 12.7. The Morgan fingerprint density at radius 3 is 3.06 bits per heavy atom. The summed E-state index contributed by atoms with van der Waals surface area (Å²) in [6.45, 7) is 3.32. The van der Waals surface area contributed by atoms with Crippen LogP contribution in [0, 0.1) is 0 Å². The minimum Gasteiger partial charge on any atom is -0.504 e. The van der Waals surface area contributed by atoms with Crippen LogP contribution in [0.5, 0.6) is 5.75 Å². The number of hydrogen-bond donors (Lipinski definition) is 1. The molecule has 4 heteroatoms. The molecule has 2 atom stereocenters. The molecule has 1 aromatic carbocycles. The van der Waals surface area contributed by atoms with E-state index in [2.05, 4.69) is 24.0 Å². The largest absolute Gasteiger partial charge is 0.504 e. The molecule has 3 rings (SSSR count). The van der Waals surface area contributed by atoms with Crippen molar-refractivity contribution < 1.29 is 9.63 Å². The van der Waals surface area contributed by atoms with Crippen molar-refractivity contribution in [3.8, 4) is 5.75 Å². The maximum Gasteiger partial charge on any atom is 0.208 e. The fourth-order valence-corrected chi connectivity index (χ4v) is 2.80. The van der Waals surface area contributed by atoms with Gasteiger partial charge in [0.1, 0.15) is 0 Å². The van der Waals surface area contributed by atoms with Gasteiger partial charge in [-0.05, 0) is 45.5 Å². The monoisotopic (exact) mass is 246 g/mol. The Morgan fingerprint density at radius 2 is 2.28 bits per heavy atom. The summed E-state index contributed by atoms with van der Waals surface area (Å²) in [6, 6.07) is 6.02. The Balaban J connectivity index is 1.98. The standard InChI is InChI=1S/C14H18N2O2/c1-9-8-10(6-7-16(9)2)13-11-4-3-5-12(17)14(11)18-15-13/h3-5,9-10,17H,6-8H2,1-2H3/t9-,10-/m0/s1. The van der Waals surface area contributed by atoms with Crippen LogP contribution in [0.3, 0.4) is 0 Å². The van der Waals surface area contributed by atoms with E-state index in [9.17, 15) is 5.11 Å². The van der Waals surface area contributed by atoms with Crippen LogP contribution in [0.1, 0.15) is 31.4 Å². The number of nitrogens with zero attached hydrogens (tertiary/aromatic N) is 2. The zero-order valence-corrected chi connectivity index (χ0v) is 10.8. The number of phenols is 1. The van der Waals surface area contributed by atoms with Gasteiger partial charge in [0.15, 0.2) is 5.75 Å². The lowest BCUT2D eigenvalue weighted by atomic mass is 9.88. The first-order valence-electron chi connectivity index (χ1n) is 6.44. The SMILES string of the molecule is C[C@H]1C[C@@H](c2noc3c(O)cccc23)CCN1C. The minimum atomic E-state index is 0.173. The van der Waals surface area contributed by atoms with Crippen LogP contribution >= 0.6 is 0 Å². The molecule has 0 radical (unpaired) electrons. The molecule has 0 aliphatic carbocycles. The maximum absolute atomic E-state index is 9.73. The van der Waals surface area contributed by atoms with Crippen LogP contribution in [-0.2, 0) is 0 Å². The molecule has 1 aliphatic rings. The summed E-state index contributed by atoms with van der Waals surface area (Å²) in [4.78, 5) is 2.37. The number of hydrogen-bond acceptors (Lipinski definition) is 4. The van der Waals surface area contributed by atoms with Crippen LogP contribution in [0.4, 0.5) is 0 Å². The van der Waals surface area contributed by atoms with Gasteiger partial charge in [0.05, 0.1) is 5.69 Å². The molecule has 4 nitrogen and oxygen atoms in total. The molecule has 0 bridgehead atoms. The zero-order valence-electron chi connectivity index (χ0n) is 10.8. The number of benzene rings is 1. The highest BCUT2D eigenvalue weighted by molar-refractivity contribution is 5.84. The van der Waals surface area contributed by atoms with Gasteiger partial charge >= 0.3 is 0 Å². The average Bonchev–Trinajstić information content (AvgIpc) is 2.78. The third-order valence-corrected chi connectivity index (χ3v) is 4.10. The van der Waals surface area contributed by atoms with Gasteiger partial charge in [-0.2, -0.15) is 0 Å². The van der Waals surface area contributed by atoms with Gasteiger partial charge < -0.3 is 14.5 Å². The van der Waals surface area contributed by atoms with Crippen molar-refractivity contribution in [1.29, 1.82) is 0 Å². The molecule has 0 unspecified atom stereocenters. The molecule has 1 aromatic heterocycles. The Morgan fingerprint density at radius 1 is 1.44 bits per heavy atom. The van der Waals surface area contributed by atoms with Crippen LogP contribution in [0.2, 0.25) is 0 Å². The van der Waals surface area contributed by atoms with Gasteiger partial charge in [-0.15, -0.1) is 0 Å². The molecule has 2 heterocycles. The Hall–Kier alpha value is -1.55. The van der Waals surface area contributed by atoms with Crippen molar-refractivity contribution in [2.24, 2.45) is 0 Å². The second kappa shape index (κ2) is 4.28. The number of likely N-dealkylation sites (tertiary alicyclic amines) is 1. The summed E-state index contributed by atoms with van der Waals surface area (Å²) < 4.78 is 5.28. The predicted molar refractivity (Wildman–Crippen MR) is 69.7 cm³/mol. The number of aromatic nitrogens is 1. The lowest BCUT2D eigenvalue weighted by Gasteiger charge is -2.34. The van der Waals surface area contributed by atoms with Gasteiger partial charge in [0, 0.05) is 17.3 Å². The van der Waals surface area contributed by atoms with Crippen LogP contribution in [0.15, 0.2) is 22.7 Å². The first-order valence-corrected chi connectivity index (χ1v) is 6.44. The molecular weight excluding hydrogens is 228 g/mol. The van der Waals surface area contributed by atoms with Crippen molar-refractivity contribution in [3.05, 3.63) is 23.9 Å². The van der Waals surface area contributed by atoms with Crippen molar-refractivity contribution in [2.45, 2.75) is 31.7 Å². The lowest BCUT2D eigenvalue weighted by molar-refractivity contribution is 0.180. The van der Waals surface area contributed by atoms with Crippen molar-refractivity contribution in [3.63, 3.8) is 0 Å². The normalized spacial score (nSPS) is 25.7. The Kier molecular flexibility index (Phi) is 2.74. The molecule has 0 spiro atoms. The molecule has 1 N–H and O–H groups in total. The van der Waals surface area contributed by atoms with Crippen molar-refractivity contribution in [2.75, 3.05) is 13.6 Å². The number of piperidine rings is 1. The van der Waals surface area contributed by atoms with E-state index >= 15 is 0 Å². The summed E-state index contributed by atoms with van der Waals surface area (Å²) in [5, 5.41) is 14.9. The van der Waals surface area contributed by atoms with Crippen molar-refractivity contribution >= 4 is 11.0 Å². The quantitative estimate of drug-likeness (QED) is 0.840. The molecule has 18 heavy (non-hydrogen) atoms. The van der Waals surface area contributed by atoms with E-state index in [1.807, 2.05) is 12.1 Å².